The molecule has 0 aliphatic heterocycles. The van der Waals surface area contributed by atoms with Crippen molar-refractivity contribution in [1.82, 2.24) is 0 Å². The van der Waals surface area contributed by atoms with Gasteiger partial charge in [0.15, 0.2) is 5.60 Å². The maximum atomic E-state index is 13.8. The van der Waals surface area contributed by atoms with Crippen LogP contribution in [0.15, 0.2) is 23.8 Å². The van der Waals surface area contributed by atoms with E-state index in [1.165, 1.54) is 6.92 Å². The Hall–Kier alpha value is -2.28. The molecule has 0 bridgehead atoms. The van der Waals surface area contributed by atoms with Gasteiger partial charge >= 0.3 is 11.9 Å². The summed E-state index contributed by atoms with van der Waals surface area (Å²) in [5.74, 6) is -3.39. The van der Waals surface area contributed by atoms with E-state index in [2.05, 4.69) is 6.58 Å². The second-order valence-electron chi connectivity index (χ2n) is 10.6. The normalized spacial score (nSPS) is 34.6. The van der Waals surface area contributed by atoms with Crippen LogP contribution in [0, 0.1) is 23.2 Å². The topological polar surface area (TPSA) is 107 Å². The zero-order chi connectivity index (χ0) is 25.3. The number of ether oxygens (including phenoxy) is 2. The van der Waals surface area contributed by atoms with Gasteiger partial charge in [-0.1, -0.05) is 47.3 Å². The van der Waals surface area contributed by atoms with Gasteiger partial charge in [-0.3, -0.25) is 19.2 Å². The molecular weight excluding hydrogens is 424 g/mol. The molecule has 33 heavy (non-hydrogen) atoms. The minimum absolute atomic E-state index is 0.00162. The van der Waals surface area contributed by atoms with Gasteiger partial charge < -0.3 is 14.6 Å². The van der Waals surface area contributed by atoms with Crippen molar-refractivity contribution in [2.45, 2.75) is 92.0 Å². The van der Waals surface area contributed by atoms with E-state index < -0.39 is 52.8 Å². The lowest BCUT2D eigenvalue weighted by Gasteiger charge is -2.39. The van der Waals surface area contributed by atoms with E-state index in [-0.39, 0.29) is 31.0 Å². The summed E-state index contributed by atoms with van der Waals surface area (Å²) in [6.07, 6.45) is 0.368. The van der Waals surface area contributed by atoms with E-state index in [1.54, 1.807) is 26.8 Å². The van der Waals surface area contributed by atoms with Crippen LogP contribution >= 0.6 is 0 Å². The Morgan fingerprint density at radius 1 is 1.21 bits per heavy atom. The predicted molar refractivity (Wildman–Crippen MR) is 123 cm³/mol. The van der Waals surface area contributed by atoms with E-state index in [0.29, 0.717) is 17.6 Å². The van der Waals surface area contributed by atoms with Crippen LogP contribution < -0.4 is 0 Å². The Bertz CT molecular complexity index is 866. The highest BCUT2D eigenvalue weighted by atomic mass is 16.6. The summed E-state index contributed by atoms with van der Waals surface area (Å²) < 4.78 is 11.5. The maximum absolute atomic E-state index is 13.8. The SMILES string of the molecule is C=C1CCC(=O)C(C)(C)C/C=C(\C)C(=O)[C@@]2(OC(C)=O)C[C@H](C)[C@H](OC(=O)C(C)C)[C@@H]2[C@@H]1O. The van der Waals surface area contributed by atoms with Crippen molar-refractivity contribution in [3.63, 3.8) is 0 Å². The summed E-state index contributed by atoms with van der Waals surface area (Å²) >= 11 is 0. The van der Waals surface area contributed by atoms with Crippen LogP contribution in [0.1, 0.15) is 74.1 Å². The molecule has 1 fully saturated rings. The number of carbonyl (C=O) groups is 4. The maximum Gasteiger partial charge on any atom is 0.308 e. The van der Waals surface area contributed by atoms with Gasteiger partial charge in [-0.05, 0) is 36.8 Å². The lowest BCUT2D eigenvalue weighted by Crippen LogP contribution is -2.54. The fraction of sp³-hybridized carbons (Fsp3) is 0.692. The van der Waals surface area contributed by atoms with Crippen molar-refractivity contribution in [3.8, 4) is 0 Å². The number of hydrogen-bond acceptors (Lipinski definition) is 7. The van der Waals surface area contributed by atoms with E-state index in [4.69, 9.17) is 9.47 Å². The number of ketones is 2. The fourth-order valence-corrected chi connectivity index (χ4v) is 4.86. The standard InChI is InChI=1S/C26H38O7/c1-14(2)24(31)32-22-17(5)13-26(33-18(6)27)20(22)21(29)15(3)9-10-19(28)25(7,8)12-11-16(4)23(26)30/h11,14,17,20-22,29H,3,9-10,12-13H2,1-2,4-8H3/b16-11+/t17-,20-,21+,22-,26+/m0/s1. The van der Waals surface area contributed by atoms with Crippen molar-refractivity contribution in [2.24, 2.45) is 23.2 Å². The Kier molecular flexibility index (Phi) is 8.10. The third kappa shape index (κ3) is 5.45. The number of carbonyl (C=O) groups excluding carboxylic acids is 4. The van der Waals surface area contributed by atoms with Crippen molar-refractivity contribution in [1.29, 1.82) is 0 Å². The first-order valence-corrected chi connectivity index (χ1v) is 11.6. The lowest BCUT2D eigenvalue weighted by atomic mass is 9.74. The molecule has 7 nitrogen and oxygen atoms in total. The number of fused-ring (bicyclic) bond motifs is 1. The first kappa shape index (κ1) is 27.0. The number of Topliss-reactive ketones (excluding diaryl/α,β-unsaturated/α-hetero) is 2. The highest BCUT2D eigenvalue weighted by molar-refractivity contribution is 6.03. The molecule has 2 aliphatic carbocycles. The Balaban J connectivity index is 2.70. The van der Waals surface area contributed by atoms with E-state index in [9.17, 15) is 24.3 Å². The summed E-state index contributed by atoms with van der Waals surface area (Å²) in [6, 6.07) is 0. The zero-order valence-electron chi connectivity index (χ0n) is 20.9. The molecule has 1 saturated carbocycles. The molecule has 0 unspecified atom stereocenters. The van der Waals surface area contributed by atoms with Crippen LogP contribution in [0.3, 0.4) is 0 Å². The molecule has 7 heteroatoms. The second kappa shape index (κ2) is 9.92. The van der Waals surface area contributed by atoms with Crippen molar-refractivity contribution in [2.75, 3.05) is 0 Å². The largest absolute Gasteiger partial charge is 0.461 e. The van der Waals surface area contributed by atoms with Crippen LogP contribution in [0.5, 0.6) is 0 Å². The van der Waals surface area contributed by atoms with Gasteiger partial charge in [0.1, 0.15) is 11.9 Å². The minimum atomic E-state index is -1.70. The lowest BCUT2D eigenvalue weighted by molar-refractivity contribution is -0.179. The molecule has 0 saturated heterocycles. The molecule has 0 spiro atoms. The van der Waals surface area contributed by atoms with Crippen LogP contribution in [-0.4, -0.2) is 46.4 Å². The van der Waals surface area contributed by atoms with Crippen molar-refractivity contribution < 1.29 is 33.8 Å². The van der Waals surface area contributed by atoms with Gasteiger partial charge in [0.05, 0.1) is 17.9 Å². The van der Waals surface area contributed by atoms with Gasteiger partial charge in [-0.15, -0.1) is 0 Å². The number of allylic oxidation sites excluding steroid dienone is 1. The number of esters is 2. The van der Waals surface area contributed by atoms with Gasteiger partial charge in [0.25, 0.3) is 0 Å². The molecule has 0 aromatic heterocycles. The van der Waals surface area contributed by atoms with Crippen LogP contribution in [0.2, 0.25) is 0 Å². The molecule has 0 heterocycles. The number of aliphatic hydroxyl groups excluding tert-OH is 1. The van der Waals surface area contributed by atoms with E-state index in [1.807, 2.05) is 20.8 Å². The Labute approximate surface area is 196 Å². The van der Waals surface area contributed by atoms with Crippen LogP contribution in [0.25, 0.3) is 0 Å². The molecule has 0 aromatic rings. The highest BCUT2D eigenvalue weighted by Gasteiger charge is 2.63. The molecule has 5 atom stereocenters. The Morgan fingerprint density at radius 3 is 2.36 bits per heavy atom. The van der Waals surface area contributed by atoms with Gasteiger partial charge in [-0.25, -0.2) is 0 Å². The van der Waals surface area contributed by atoms with Crippen LogP contribution in [0.4, 0.5) is 0 Å². The monoisotopic (exact) mass is 462 g/mol. The predicted octanol–water partition coefficient (Wildman–Crippen LogP) is 3.72. The first-order chi connectivity index (χ1) is 15.1. The van der Waals surface area contributed by atoms with Gasteiger partial charge in [0, 0.05) is 25.2 Å². The van der Waals surface area contributed by atoms with Crippen molar-refractivity contribution in [3.05, 3.63) is 23.8 Å². The molecule has 184 valence electrons. The summed E-state index contributed by atoms with van der Waals surface area (Å²) in [7, 11) is 0. The van der Waals surface area contributed by atoms with Gasteiger partial charge in [0.2, 0.25) is 5.78 Å². The number of aliphatic hydroxyl groups is 1. The third-order valence-corrected chi connectivity index (χ3v) is 6.98. The third-order valence-electron chi connectivity index (χ3n) is 6.98. The molecule has 0 amide bonds. The van der Waals surface area contributed by atoms with Crippen LogP contribution in [-0.2, 0) is 28.7 Å². The highest BCUT2D eigenvalue weighted by Crippen LogP contribution is 2.49. The molecule has 0 aromatic carbocycles. The fourth-order valence-electron chi connectivity index (χ4n) is 4.86. The van der Waals surface area contributed by atoms with Crippen molar-refractivity contribution >= 4 is 23.5 Å². The second-order valence-corrected chi connectivity index (χ2v) is 10.6. The smallest absolute Gasteiger partial charge is 0.308 e. The molecule has 2 aliphatic rings. The quantitative estimate of drug-likeness (QED) is 0.503. The molecule has 1 N–H and O–H groups in total. The summed E-state index contributed by atoms with van der Waals surface area (Å²) in [5, 5.41) is 11.4. The first-order valence-electron chi connectivity index (χ1n) is 11.6. The zero-order valence-corrected chi connectivity index (χ0v) is 20.9. The number of rotatable bonds is 3. The summed E-state index contributed by atoms with van der Waals surface area (Å²) in [6.45, 7) is 15.7. The summed E-state index contributed by atoms with van der Waals surface area (Å²) in [5.41, 5.74) is -1.72. The number of hydrogen-bond donors (Lipinski definition) is 1. The Morgan fingerprint density at radius 2 is 1.82 bits per heavy atom. The average Bonchev–Trinajstić information content (AvgIpc) is 2.99. The van der Waals surface area contributed by atoms with Gasteiger partial charge in [-0.2, -0.15) is 0 Å². The minimum Gasteiger partial charge on any atom is -0.461 e. The van der Waals surface area contributed by atoms with E-state index >= 15 is 0 Å². The molecule has 0 radical (unpaired) electrons. The molecular formula is C26H38O7. The summed E-state index contributed by atoms with van der Waals surface area (Å²) in [4.78, 5) is 51.3. The average molecular weight is 463 g/mol. The molecule has 2 rings (SSSR count). The van der Waals surface area contributed by atoms with E-state index in [0.717, 1.165) is 0 Å².